The summed E-state index contributed by atoms with van der Waals surface area (Å²) < 4.78 is 27.4. The van der Waals surface area contributed by atoms with Gasteiger partial charge in [-0.2, -0.15) is 0 Å². The Kier molecular flexibility index (Phi) is 8.73. The highest BCUT2D eigenvalue weighted by Gasteiger charge is 2.42. The summed E-state index contributed by atoms with van der Waals surface area (Å²) in [5, 5.41) is 3.38. The topological polar surface area (TPSA) is 92.3 Å². The fourth-order valence-electron chi connectivity index (χ4n) is 5.28. The second-order valence-corrected chi connectivity index (χ2v) is 9.21. The number of esters is 1. The summed E-state index contributed by atoms with van der Waals surface area (Å²) in [5.41, 5.74) is 4.18. The molecule has 0 radical (unpaired) electrons. The van der Waals surface area contributed by atoms with Gasteiger partial charge in [0, 0.05) is 35.6 Å². The molecule has 0 bridgehead atoms. The van der Waals surface area contributed by atoms with Crippen LogP contribution in [0.4, 0.5) is 0 Å². The van der Waals surface area contributed by atoms with Crippen molar-refractivity contribution in [2.45, 2.75) is 38.5 Å². The number of methoxy groups -OCH3 is 3. The maximum absolute atomic E-state index is 13.9. The minimum atomic E-state index is -0.610. The van der Waals surface area contributed by atoms with Crippen molar-refractivity contribution in [1.82, 2.24) is 5.32 Å². The number of allylic oxidation sites excluding steroid dienone is 3. The second kappa shape index (κ2) is 12.2. The lowest BCUT2D eigenvalue weighted by Crippen LogP contribution is -2.36. The van der Waals surface area contributed by atoms with Gasteiger partial charge in [0.2, 0.25) is 0 Å². The van der Waals surface area contributed by atoms with E-state index < -0.39 is 11.9 Å². The van der Waals surface area contributed by atoms with Gasteiger partial charge in [0.1, 0.15) is 12.4 Å². The number of nitrogens with one attached hydrogen (secondary N) is 1. The van der Waals surface area contributed by atoms with Crippen LogP contribution in [-0.4, -0.2) is 52.9 Å². The van der Waals surface area contributed by atoms with Crippen molar-refractivity contribution in [3.05, 3.63) is 76.1 Å². The number of ether oxygens (including phenoxy) is 5. The van der Waals surface area contributed by atoms with E-state index in [1.165, 1.54) is 0 Å². The van der Waals surface area contributed by atoms with Crippen LogP contribution in [0.1, 0.15) is 49.7 Å². The third kappa shape index (κ3) is 5.41. The molecule has 0 spiro atoms. The number of para-hydroxylation sites is 1. The van der Waals surface area contributed by atoms with Crippen LogP contribution in [0.25, 0.3) is 0 Å². The van der Waals surface area contributed by atoms with Crippen LogP contribution in [0.3, 0.4) is 0 Å². The average Bonchev–Trinajstić information content (AvgIpc) is 2.93. The van der Waals surface area contributed by atoms with E-state index in [0.29, 0.717) is 60.1 Å². The van der Waals surface area contributed by atoms with Gasteiger partial charge < -0.3 is 29.0 Å². The molecular formula is C30H35NO7. The lowest BCUT2D eigenvalue weighted by atomic mass is 9.71. The van der Waals surface area contributed by atoms with Crippen molar-refractivity contribution >= 4 is 11.8 Å². The monoisotopic (exact) mass is 521 g/mol. The summed E-state index contributed by atoms with van der Waals surface area (Å²) in [6.45, 7) is 4.70. The fraction of sp³-hybridized carbons (Fsp3) is 0.400. The van der Waals surface area contributed by atoms with Crippen LogP contribution >= 0.6 is 0 Å². The quantitative estimate of drug-likeness (QED) is 0.357. The number of ketones is 1. The van der Waals surface area contributed by atoms with Gasteiger partial charge in [0.25, 0.3) is 0 Å². The predicted molar refractivity (Wildman–Crippen MR) is 143 cm³/mol. The Labute approximate surface area is 223 Å². The Morgan fingerprint density at radius 3 is 2.39 bits per heavy atom. The van der Waals surface area contributed by atoms with Gasteiger partial charge in [0.05, 0.1) is 39.4 Å². The smallest absolute Gasteiger partial charge is 0.336 e. The fourth-order valence-corrected chi connectivity index (χ4v) is 5.28. The molecule has 0 aromatic heterocycles. The van der Waals surface area contributed by atoms with E-state index in [2.05, 4.69) is 5.32 Å². The van der Waals surface area contributed by atoms with Gasteiger partial charge in [-0.25, -0.2) is 4.79 Å². The first-order chi connectivity index (χ1) is 18.4. The summed E-state index contributed by atoms with van der Waals surface area (Å²) in [7, 11) is 4.77. The number of carbonyl (C=O) groups is 2. The Morgan fingerprint density at radius 1 is 0.947 bits per heavy atom. The number of benzene rings is 2. The molecule has 2 aromatic carbocycles. The Morgan fingerprint density at radius 2 is 1.68 bits per heavy atom. The molecule has 0 unspecified atom stereocenters. The summed E-state index contributed by atoms with van der Waals surface area (Å²) in [5.74, 6) is 0.688. The molecule has 0 saturated heterocycles. The number of rotatable bonds is 10. The largest absolute Gasteiger partial charge is 0.496 e. The van der Waals surface area contributed by atoms with Crippen molar-refractivity contribution in [2.75, 3.05) is 41.2 Å². The molecule has 202 valence electrons. The lowest BCUT2D eigenvalue weighted by Gasteiger charge is -2.37. The van der Waals surface area contributed by atoms with Crippen LogP contribution in [0.5, 0.6) is 17.2 Å². The summed E-state index contributed by atoms with van der Waals surface area (Å²) >= 11 is 0. The van der Waals surface area contributed by atoms with Crippen LogP contribution in [0.2, 0.25) is 0 Å². The van der Waals surface area contributed by atoms with Gasteiger partial charge in [-0.15, -0.1) is 0 Å². The highest BCUT2D eigenvalue weighted by molar-refractivity contribution is 6.04. The van der Waals surface area contributed by atoms with E-state index in [9.17, 15) is 9.59 Å². The molecule has 2 aromatic rings. The maximum Gasteiger partial charge on any atom is 0.336 e. The van der Waals surface area contributed by atoms with Gasteiger partial charge in [-0.05, 0) is 49.9 Å². The molecule has 8 heteroatoms. The van der Waals surface area contributed by atoms with E-state index in [4.69, 9.17) is 23.7 Å². The third-order valence-electron chi connectivity index (χ3n) is 7.04. The van der Waals surface area contributed by atoms with Crippen LogP contribution in [-0.2, 0) is 19.1 Å². The molecule has 2 atom stereocenters. The molecule has 1 N–H and O–H groups in total. The zero-order valence-corrected chi connectivity index (χ0v) is 22.6. The number of carbonyl (C=O) groups excluding carboxylic acids is 2. The van der Waals surface area contributed by atoms with Gasteiger partial charge in [-0.3, -0.25) is 4.79 Å². The SMILES string of the molecule is CCOCCOC(=O)C1=C(C)NC2=C(C(=O)C[C@@H](c3ccc(OC)c(OC)c3)C2)[C@@H]1c1ccccc1OC. The van der Waals surface area contributed by atoms with Crippen molar-refractivity contribution in [1.29, 1.82) is 0 Å². The van der Waals surface area contributed by atoms with E-state index in [1.807, 2.05) is 56.3 Å². The molecular weight excluding hydrogens is 486 g/mol. The first-order valence-electron chi connectivity index (χ1n) is 12.8. The minimum Gasteiger partial charge on any atom is -0.496 e. The summed E-state index contributed by atoms with van der Waals surface area (Å²) in [6.07, 6.45) is 0.902. The van der Waals surface area contributed by atoms with E-state index in [0.717, 1.165) is 16.8 Å². The standard InChI is InChI=1S/C30H35NO7/c1-6-37-13-14-38-30(33)27-18(2)31-22-15-20(19-11-12-25(35-4)26(17-19)36-5)16-23(32)29(22)28(27)21-9-7-8-10-24(21)34-3/h7-12,17,20,28,31H,6,13-16H2,1-5H3/t20-,28+/m0/s1. The molecule has 8 nitrogen and oxygen atoms in total. The Bertz CT molecular complexity index is 1260. The minimum absolute atomic E-state index is 0.0263. The predicted octanol–water partition coefficient (Wildman–Crippen LogP) is 4.65. The average molecular weight is 522 g/mol. The van der Waals surface area contributed by atoms with Crippen molar-refractivity contribution < 1.29 is 33.3 Å². The number of dihydropyridines is 1. The first kappa shape index (κ1) is 27.3. The van der Waals surface area contributed by atoms with Crippen LogP contribution < -0.4 is 19.5 Å². The molecule has 0 fully saturated rings. The maximum atomic E-state index is 13.9. The van der Waals surface area contributed by atoms with Gasteiger partial charge in [0.15, 0.2) is 17.3 Å². The molecule has 2 aliphatic rings. The van der Waals surface area contributed by atoms with E-state index in [-0.39, 0.29) is 18.3 Å². The summed E-state index contributed by atoms with van der Waals surface area (Å²) in [6, 6.07) is 13.2. The van der Waals surface area contributed by atoms with Gasteiger partial charge in [-0.1, -0.05) is 24.3 Å². The molecule has 0 saturated carbocycles. The van der Waals surface area contributed by atoms with E-state index >= 15 is 0 Å². The highest BCUT2D eigenvalue weighted by Crippen LogP contribution is 2.48. The van der Waals surface area contributed by atoms with Gasteiger partial charge >= 0.3 is 5.97 Å². The number of Topliss-reactive ketones (excluding diaryl/α,β-unsaturated/α-hetero) is 1. The molecule has 38 heavy (non-hydrogen) atoms. The third-order valence-corrected chi connectivity index (χ3v) is 7.04. The number of hydrogen-bond acceptors (Lipinski definition) is 8. The first-order valence-corrected chi connectivity index (χ1v) is 12.8. The van der Waals surface area contributed by atoms with Crippen LogP contribution in [0, 0.1) is 0 Å². The molecule has 0 amide bonds. The lowest BCUT2D eigenvalue weighted by molar-refractivity contribution is -0.140. The molecule has 1 aliphatic heterocycles. The summed E-state index contributed by atoms with van der Waals surface area (Å²) in [4.78, 5) is 27.2. The van der Waals surface area contributed by atoms with Crippen molar-refractivity contribution in [2.24, 2.45) is 0 Å². The highest BCUT2D eigenvalue weighted by atomic mass is 16.6. The Hall–Kier alpha value is -3.78. The zero-order chi connectivity index (χ0) is 27.2. The number of hydrogen-bond donors (Lipinski definition) is 1. The second-order valence-electron chi connectivity index (χ2n) is 9.21. The normalized spacial score (nSPS) is 19.0. The van der Waals surface area contributed by atoms with E-state index in [1.54, 1.807) is 21.3 Å². The van der Waals surface area contributed by atoms with Crippen molar-refractivity contribution in [3.63, 3.8) is 0 Å². The molecule has 4 rings (SSSR count). The molecule has 1 aliphatic carbocycles. The van der Waals surface area contributed by atoms with Crippen molar-refractivity contribution in [3.8, 4) is 17.2 Å². The van der Waals surface area contributed by atoms with Crippen LogP contribution in [0.15, 0.2) is 65.0 Å². The Balaban J connectivity index is 1.74. The molecule has 1 heterocycles. The zero-order valence-electron chi connectivity index (χ0n) is 22.6.